The van der Waals surface area contributed by atoms with Crippen molar-refractivity contribution in [3.63, 3.8) is 0 Å². The highest BCUT2D eigenvalue weighted by Crippen LogP contribution is 2.08. The SMILES string of the molecule is COCCN(C)CCNCc1cc(F)ccc1F. The molecule has 1 aromatic carbocycles. The van der Waals surface area contributed by atoms with E-state index < -0.39 is 5.82 Å². The second kappa shape index (κ2) is 8.13. The van der Waals surface area contributed by atoms with E-state index in [1.165, 1.54) is 6.07 Å². The van der Waals surface area contributed by atoms with Crippen LogP contribution in [0.15, 0.2) is 18.2 Å². The zero-order valence-electron chi connectivity index (χ0n) is 10.9. The summed E-state index contributed by atoms with van der Waals surface area (Å²) in [5, 5.41) is 3.09. The minimum Gasteiger partial charge on any atom is -0.383 e. The van der Waals surface area contributed by atoms with Crippen molar-refractivity contribution in [1.29, 1.82) is 0 Å². The van der Waals surface area contributed by atoms with E-state index >= 15 is 0 Å². The second-order valence-electron chi connectivity index (χ2n) is 4.21. The van der Waals surface area contributed by atoms with Crippen LogP contribution in [0.5, 0.6) is 0 Å². The van der Waals surface area contributed by atoms with E-state index in [4.69, 9.17) is 4.74 Å². The van der Waals surface area contributed by atoms with E-state index in [9.17, 15) is 8.78 Å². The minimum absolute atomic E-state index is 0.335. The Morgan fingerprint density at radius 3 is 2.78 bits per heavy atom. The van der Waals surface area contributed by atoms with Gasteiger partial charge in [-0.1, -0.05) is 0 Å². The first-order valence-corrected chi connectivity index (χ1v) is 5.95. The number of halogens is 2. The van der Waals surface area contributed by atoms with Crippen molar-refractivity contribution >= 4 is 0 Å². The molecule has 0 radical (unpaired) electrons. The van der Waals surface area contributed by atoms with Gasteiger partial charge in [-0.3, -0.25) is 0 Å². The maximum absolute atomic E-state index is 13.3. The van der Waals surface area contributed by atoms with Crippen LogP contribution in [0.1, 0.15) is 5.56 Å². The van der Waals surface area contributed by atoms with Crippen LogP contribution in [0.4, 0.5) is 8.78 Å². The molecule has 0 heterocycles. The van der Waals surface area contributed by atoms with Crippen molar-refractivity contribution in [2.45, 2.75) is 6.54 Å². The average Bonchev–Trinajstić information content (AvgIpc) is 2.36. The number of hydrogen-bond donors (Lipinski definition) is 1. The van der Waals surface area contributed by atoms with Gasteiger partial charge >= 0.3 is 0 Å². The normalized spacial score (nSPS) is 11.2. The summed E-state index contributed by atoms with van der Waals surface area (Å²) in [4.78, 5) is 2.11. The summed E-state index contributed by atoms with van der Waals surface area (Å²) in [6.45, 7) is 3.43. The van der Waals surface area contributed by atoms with Gasteiger partial charge in [0.1, 0.15) is 11.6 Å². The molecule has 0 saturated carbocycles. The highest BCUT2D eigenvalue weighted by atomic mass is 19.1. The summed E-state index contributed by atoms with van der Waals surface area (Å²) >= 11 is 0. The fraction of sp³-hybridized carbons (Fsp3) is 0.538. The van der Waals surface area contributed by atoms with Crippen LogP contribution in [0.3, 0.4) is 0 Å². The van der Waals surface area contributed by atoms with Gasteiger partial charge in [-0.15, -0.1) is 0 Å². The molecule has 5 heteroatoms. The Labute approximate surface area is 107 Å². The fourth-order valence-corrected chi connectivity index (χ4v) is 1.53. The minimum atomic E-state index is -0.412. The molecule has 0 unspecified atom stereocenters. The second-order valence-corrected chi connectivity index (χ2v) is 4.21. The molecule has 1 N–H and O–H groups in total. The van der Waals surface area contributed by atoms with Gasteiger partial charge in [0.15, 0.2) is 0 Å². The van der Waals surface area contributed by atoms with Crippen LogP contribution < -0.4 is 5.32 Å². The molecule has 3 nitrogen and oxygen atoms in total. The molecule has 0 aliphatic rings. The maximum atomic E-state index is 13.3. The number of hydrogen-bond acceptors (Lipinski definition) is 3. The number of ether oxygens (including phenoxy) is 1. The largest absolute Gasteiger partial charge is 0.383 e. The molecule has 1 aromatic rings. The van der Waals surface area contributed by atoms with Gasteiger partial charge in [0.05, 0.1) is 6.61 Å². The molecule has 102 valence electrons. The van der Waals surface area contributed by atoms with Gasteiger partial charge in [-0.05, 0) is 25.2 Å². The van der Waals surface area contributed by atoms with E-state index in [0.29, 0.717) is 18.7 Å². The lowest BCUT2D eigenvalue weighted by Gasteiger charge is -2.16. The molecule has 0 fully saturated rings. The van der Waals surface area contributed by atoms with Crippen LogP contribution in [-0.4, -0.2) is 45.3 Å². The van der Waals surface area contributed by atoms with E-state index in [1.807, 2.05) is 7.05 Å². The maximum Gasteiger partial charge on any atom is 0.127 e. The Morgan fingerprint density at radius 1 is 1.28 bits per heavy atom. The van der Waals surface area contributed by atoms with E-state index in [0.717, 1.165) is 31.8 Å². The molecular formula is C13H20F2N2O. The summed E-state index contributed by atoms with van der Waals surface area (Å²) in [5.41, 5.74) is 0.356. The summed E-state index contributed by atoms with van der Waals surface area (Å²) in [5.74, 6) is -0.790. The third-order valence-electron chi connectivity index (χ3n) is 2.67. The first-order valence-electron chi connectivity index (χ1n) is 5.95. The predicted molar refractivity (Wildman–Crippen MR) is 67.4 cm³/mol. The van der Waals surface area contributed by atoms with Crippen molar-refractivity contribution in [2.24, 2.45) is 0 Å². The van der Waals surface area contributed by atoms with Crippen molar-refractivity contribution in [3.05, 3.63) is 35.4 Å². The highest BCUT2D eigenvalue weighted by molar-refractivity contribution is 5.18. The van der Waals surface area contributed by atoms with E-state index in [-0.39, 0.29) is 5.82 Å². The third kappa shape index (κ3) is 5.53. The number of methoxy groups -OCH3 is 1. The van der Waals surface area contributed by atoms with Crippen molar-refractivity contribution in [2.75, 3.05) is 40.4 Å². The lowest BCUT2D eigenvalue weighted by molar-refractivity contribution is 0.161. The smallest absolute Gasteiger partial charge is 0.127 e. The molecule has 0 bridgehead atoms. The molecule has 0 amide bonds. The third-order valence-corrected chi connectivity index (χ3v) is 2.67. The molecule has 18 heavy (non-hydrogen) atoms. The Morgan fingerprint density at radius 2 is 2.06 bits per heavy atom. The molecule has 0 aromatic heterocycles. The first kappa shape index (κ1) is 15.0. The molecule has 1 rings (SSSR count). The quantitative estimate of drug-likeness (QED) is 0.717. The first-order chi connectivity index (χ1) is 8.63. The van der Waals surface area contributed by atoms with Crippen LogP contribution in [0.25, 0.3) is 0 Å². The Kier molecular flexibility index (Phi) is 6.78. The van der Waals surface area contributed by atoms with Gasteiger partial charge < -0.3 is 15.0 Å². The molecule has 0 aliphatic heterocycles. The topological polar surface area (TPSA) is 24.5 Å². The van der Waals surface area contributed by atoms with Gasteiger partial charge in [0, 0.05) is 38.9 Å². The van der Waals surface area contributed by atoms with Gasteiger partial charge in [-0.2, -0.15) is 0 Å². The number of nitrogens with zero attached hydrogens (tertiary/aromatic N) is 1. The number of likely N-dealkylation sites (N-methyl/N-ethyl adjacent to an activating group) is 1. The zero-order valence-corrected chi connectivity index (χ0v) is 10.9. The summed E-state index contributed by atoms with van der Waals surface area (Å²) < 4.78 is 31.2. The van der Waals surface area contributed by atoms with Crippen molar-refractivity contribution in [1.82, 2.24) is 10.2 Å². The Hall–Kier alpha value is -1.04. The van der Waals surface area contributed by atoms with Crippen molar-refractivity contribution < 1.29 is 13.5 Å². The highest BCUT2D eigenvalue weighted by Gasteiger charge is 2.03. The van der Waals surface area contributed by atoms with Crippen LogP contribution >= 0.6 is 0 Å². The van der Waals surface area contributed by atoms with Crippen LogP contribution in [0.2, 0.25) is 0 Å². The lowest BCUT2D eigenvalue weighted by atomic mass is 10.2. The predicted octanol–water partition coefficient (Wildman–Crippen LogP) is 1.63. The molecule has 0 spiro atoms. The average molecular weight is 258 g/mol. The summed E-state index contributed by atoms with van der Waals surface area (Å²) in [6, 6.07) is 3.49. The number of nitrogens with one attached hydrogen (secondary N) is 1. The number of benzene rings is 1. The van der Waals surface area contributed by atoms with Gasteiger partial charge in [0.2, 0.25) is 0 Å². The van der Waals surface area contributed by atoms with Crippen LogP contribution in [0, 0.1) is 11.6 Å². The summed E-state index contributed by atoms with van der Waals surface area (Å²) in [7, 11) is 3.66. The zero-order chi connectivity index (χ0) is 13.4. The summed E-state index contributed by atoms with van der Waals surface area (Å²) in [6.07, 6.45) is 0. The molecule has 0 aliphatic carbocycles. The van der Waals surface area contributed by atoms with E-state index in [1.54, 1.807) is 7.11 Å². The van der Waals surface area contributed by atoms with Crippen LogP contribution in [-0.2, 0) is 11.3 Å². The molecule has 0 atom stereocenters. The van der Waals surface area contributed by atoms with Gasteiger partial charge in [-0.25, -0.2) is 8.78 Å². The van der Waals surface area contributed by atoms with Crippen molar-refractivity contribution in [3.8, 4) is 0 Å². The molecule has 0 saturated heterocycles. The lowest BCUT2D eigenvalue weighted by Crippen LogP contribution is -2.31. The van der Waals surface area contributed by atoms with E-state index in [2.05, 4.69) is 10.2 Å². The standard InChI is InChI=1S/C13H20F2N2O/c1-17(7-8-18-2)6-5-16-10-11-9-12(14)3-4-13(11)15/h3-4,9,16H,5-8,10H2,1-2H3. The Bertz CT molecular complexity index is 361. The number of rotatable bonds is 8. The fourth-order valence-electron chi connectivity index (χ4n) is 1.53. The molecular weight excluding hydrogens is 238 g/mol. The Balaban J connectivity index is 2.23. The van der Waals surface area contributed by atoms with Gasteiger partial charge in [0.25, 0.3) is 0 Å². The monoisotopic (exact) mass is 258 g/mol.